The van der Waals surface area contributed by atoms with Crippen LogP contribution in [0.4, 0.5) is 0 Å². The molecule has 1 amide bonds. The normalized spacial score (nSPS) is 25.1. The Hall–Kier alpha value is -1.55. The van der Waals surface area contributed by atoms with Gasteiger partial charge in [0.05, 0.1) is 6.04 Å². The summed E-state index contributed by atoms with van der Waals surface area (Å²) in [6, 6.07) is 9.33. The second-order valence-electron chi connectivity index (χ2n) is 3.65. The molecule has 80 valence electrons. The molecule has 1 aliphatic rings. The zero-order valence-electron chi connectivity index (χ0n) is 8.35. The molecule has 1 aliphatic heterocycles. The highest BCUT2D eigenvalue weighted by molar-refractivity contribution is 5.80. The first-order valence-electron chi connectivity index (χ1n) is 5.00. The van der Waals surface area contributed by atoms with Crippen LogP contribution in [-0.4, -0.2) is 24.6 Å². The number of carbonyl (C=O) groups excluding carboxylic acids is 1. The number of amides is 1. The fraction of sp³-hybridized carbons (Fsp3) is 0.364. The van der Waals surface area contributed by atoms with Crippen molar-refractivity contribution < 1.29 is 9.53 Å². The molecule has 0 radical (unpaired) electrons. The van der Waals surface area contributed by atoms with Crippen LogP contribution in [0.15, 0.2) is 30.3 Å². The van der Waals surface area contributed by atoms with Gasteiger partial charge in [-0.3, -0.25) is 4.79 Å². The molecule has 3 N–H and O–H groups in total. The molecule has 0 spiro atoms. The number of hydrogen-bond donors (Lipinski definition) is 2. The summed E-state index contributed by atoms with van der Waals surface area (Å²) in [6.07, 6.45) is 0.675. The summed E-state index contributed by atoms with van der Waals surface area (Å²) in [7, 11) is 0. The third-order valence-electron chi connectivity index (χ3n) is 2.48. The minimum atomic E-state index is -0.311. The van der Waals surface area contributed by atoms with Crippen molar-refractivity contribution in [2.24, 2.45) is 5.73 Å². The Bertz CT molecular complexity index is 340. The molecule has 1 fully saturated rings. The maximum absolute atomic E-state index is 10.9. The first kappa shape index (κ1) is 9.98. The van der Waals surface area contributed by atoms with E-state index in [9.17, 15) is 4.79 Å². The van der Waals surface area contributed by atoms with E-state index in [4.69, 9.17) is 10.5 Å². The predicted molar refractivity (Wildman–Crippen MR) is 56.5 cm³/mol. The SMILES string of the molecule is NC(=O)[C@@H]1CC(Oc2ccccc2)CN1. The van der Waals surface area contributed by atoms with Crippen LogP contribution >= 0.6 is 0 Å². The van der Waals surface area contributed by atoms with E-state index in [1.54, 1.807) is 0 Å². The Morgan fingerprint density at radius 1 is 1.40 bits per heavy atom. The summed E-state index contributed by atoms with van der Waals surface area (Å²) in [5.74, 6) is 0.517. The van der Waals surface area contributed by atoms with Crippen molar-refractivity contribution in [2.45, 2.75) is 18.6 Å². The molecule has 0 aromatic heterocycles. The number of para-hydroxylation sites is 1. The van der Waals surface area contributed by atoms with E-state index in [-0.39, 0.29) is 18.1 Å². The molecule has 2 atom stereocenters. The summed E-state index contributed by atoms with van der Waals surface area (Å²) < 4.78 is 5.69. The highest BCUT2D eigenvalue weighted by Crippen LogP contribution is 2.16. The van der Waals surface area contributed by atoms with Crippen LogP contribution in [-0.2, 0) is 4.79 Å². The Kier molecular flexibility index (Phi) is 2.87. The molecule has 0 bridgehead atoms. The fourth-order valence-corrected chi connectivity index (χ4v) is 1.70. The molecule has 0 aliphatic carbocycles. The summed E-state index contributed by atoms with van der Waals surface area (Å²) in [4.78, 5) is 10.9. The van der Waals surface area contributed by atoms with Crippen molar-refractivity contribution in [3.05, 3.63) is 30.3 Å². The first-order valence-corrected chi connectivity index (χ1v) is 5.00. The van der Waals surface area contributed by atoms with Gasteiger partial charge >= 0.3 is 0 Å². The summed E-state index contributed by atoms with van der Waals surface area (Å²) in [5, 5.41) is 3.03. The van der Waals surface area contributed by atoms with Gasteiger partial charge in [-0.1, -0.05) is 18.2 Å². The van der Waals surface area contributed by atoms with Gasteiger partial charge in [0.25, 0.3) is 0 Å². The van der Waals surface area contributed by atoms with E-state index in [2.05, 4.69) is 5.32 Å². The van der Waals surface area contributed by atoms with E-state index in [0.717, 1.165) is 5.75 Å². The topological polar surface area (TPSA) is 64.4 Å². The largest absolute Gasteiger partial charge is 0.489 e. The van der Waals surface area contributed by atoms with Gasteiger partial charge in [-0.15, -0.1) is 0 Å². The lowest BCUT2D eigenvalue weighted by Gasteiger charge is -2.12. The fourth-order valence-electron chi connectivity index (χ4n) is 1.70. The van der Waals surface area contributed by atoms with E-state index in [0.29, 0.717) is 13.0 Å². The zero-order valence-corrected chi connectivity index (χ0v) is 8.35. The lowest BCUT2D eigenvalue weighted by Crippen LogP contribution is -2.36. The number of carbonyl (C=O) groups is 1. The second kappa shape index (κ2) is 4.31. The van der Waals surface area contributed by atoms with Crippen molar-refractivity contribution in [1.82, 2.24) is 5.32 Å². The van der Waals surface area contributed by atoms with Crippen molar-refractivity contribution in [3.8, 4) is 5.75 Å². The molecular formula is C11H14N2O2. The second-order valence-corrected chi connectivity index (χ2v) is 3.65. The van der Waals surface area contributed by atoms with Crippen LogP contribution < -0.4 is 15.8 Å². The average molecular weight is 206 g/mol. The maximum atomic E-state index is 10.9. The Morgan fingerprint density at radius 2 is 2.13 bits per heavy atom. The lowest BCUT2D eigenvalue weighted by molar-refractivity contribution is -0.119. The van der Waals surface area contributed by atoms with Crippen molar-refractivity contribution in [3.63, 3.8) is 0 Å². The number of benzene rings is 1. The summed E-state index contributed by atoms with van der Waals surface area (Å²) >= 11 is 0. The summed E-state index contributed by atoms with van der Waals surface area (Å²) in [5.41, 5.74) is 5.20. The van der Waals surface area contributed by atoms with Gasteiger partial charge < -0.3 is 15.8 Å². The molecule has 1 saturated heterocycles. The smallest absolute Gasteiger partial charge is 0.234 e. The number of hydrogen-bond acceptors (Lipinski definition) is 3. The number of primary amides is 1. The number of nitrogens with two attached hydrogens (primary N) is 1. The monoisotopic (exact) mass is 206 g/mol. The van der Waals surface area contributed by atoms with Gasteiger partial charge in [-0.25, -0.2) is 0 Å². The molecular weight excluding hydrogens is 192 g/mol. The Balaban J connectivity index is 1.90. The Labute approximate surface area is 88.4 Å². The lowest BCUT2D eigenvalue weighted by atomic mass is 10.2. The van der Waals surface area contributed by atoms with Crippen molar-refractivity contribution in [1.29, 1.82) is 0 Å². The molecule has 1 aromatic carbocycles. The van der Waals surface area contributed by atoms with E-state index in [1.807, 2.05) is 30.3 Å². The van der Waals surface area contributed by atoms with Gasteiger partial charge in [-0.2, -0.15) is 0 Å². The standard InChI is InChI=1S/C11H14N2O2/c12-11(14)10-6-9(7-13-10)15-8-4-2-1-3-5-8/h1-5,9-10,13H,6-7H2,(H2,12,14)/t9?,10-/m0/s1. The predicted octanol–water partition coefficient (Wildman–Crippen LogP) is 0.281. The van der Waals surface area contributed by atoms with Gasteiger partial charge in [0.1, 0.15) is 11.9 Å². The molecule has 2 rings (SSSR count). The van der Waals surface area contributed by atoms with Gasteiger partial charge in [0.15, 0.2) is 0 Å². The molecule has 4 heteroatoms. The van der Waals surface area contributed by atoms with Crippen LogP contribution in [0.1, 0.15) is 6.42 Å². The first-order chi connectivity index (χ1) is 7.25. The minimum absolute atomic E-state index is 0.0323. The van der Waals surface area contributed by atoms with Crippen molar-refractivity contribution in [2.75, 3.05) is 6.54 Å². The highest BCUT2D eigenvalue weighted by atomic mass is 16.5. The molecule has 1 aromatic rings. The van der Waals surface area contributed by atoms with Crippen LogP contribution in [0.25, 0.3) is 0 Å². The van der Waals surface area contributed by atoms with Crippen LogP contribution in [0, 0.1) is 0 Å². The molecule has 1 heterocycles. The third kappa shape index (κ3) is 2.47. The third-order valence-corrected chi connectivity index (χ3v) is 2.48. The number of rotatable bonds is 3. The highest BCUT2D eigenvalue weighted by Gasteiger charge is 2.28. The van der Waals surface area contributed by atoms with Gasteiger partial charge in [-0.05, 0) is 12.1 Å². The number of nitrogens with one attached hydrogen (secondary N) is 1. The van der Waals surface area contributed by atoms with Crippen molar-refractivity contribution >= 4 is 5.91 Å². The van der Waals surface area contributed by atoms with Crippen LogP contribution in [0.2, 0.25) is 0 Å². The van der Waals surface area contributed by atoms with E-state index >= 15 is 0 Å². The van der Waals surface area contributed by atoms with E-state index in [1.165, 1.54) is 0 Å². The van der Waals surface area contributed by atoms with Crippen LogP contribution in [0.5, 0.6) is 5.75 Å². The maximum Gasteiger partial charge on any atom is 0.234 e. The zero-order chi connectivity index (χ0) is 10.7. The average Bonchev–Trinajstić information content (AvgIpc) is 2.68. The minimum Gasteiger partial charge on any atom is -0.489 e. The molecule has 15 heavy (non-hydrogen) atoms. The quantitative estimate of drug-likeness (QED) is 0.746. The molecule has 0 saturated carbocycles. The summed E-state index contributed by atoms with van der Waals surface area (Å²) in [6.45, 7) is 0.669. The van der Waals surface area contributed by atoms with Gasteiger partial charge in [0, 0.05) is 13.0 Å². The number of ether oxygens (including phenoxy) is 1. The van der Waals surface area contributed by atoms with Crippen LogP contribution in [0.3, 0.4) is 0 Å². The molecule has 1 unspecified atom stereocenters. The Morgan fingerprint density at radius 3 is 2.73 bits per heavy atom. The van der Waals surface area contributed by atoms with E-state index < -0.39 is 0 Å². The van der Waals surface area contributed by atoms with Gasteiger partial charge in [0.2, 0.25) is 5.91 Å². The molecule has 4 nitrogen and oxygen atoms in total.